The number of benzene rings is 1. The highest BCUT2D eigenvalue weighted by molar-refractivity contribution is 7.15. The summed E-state index contributed by atoms with van der Waals surface area (Å²) in [6.07, 6.45) is 0. The fourth-order valence-electron chi connectivity index (χ4n) is 2.11. The second-order valence-corrected chi connectivity index (χ2v) is 5.69. The molecule has 0 amide bonds. The van der Waals surface area contributed by atoms with Crippen molar-refractivity contribution in [2.24, 2.45) is 0 Å². The Morgan fingerprint density at radius 1 is 1.45 bits per heavy atom. The van der Waals surface area contributed by atoms with Gasteiger partial charge in [-0.2, -0.15) is 0 Å². The fourth-order valence-corrected chi connectivity index (χ4v) is 3.33. The molecule has 0 aliphatic heterocycles. The Labute approximate surface area is 123 Å². The molecule has 1 aromatic heterocycles. The standard InChI is InChI=1S/C15H20FN3S/c1-5-19(13-8-6-7-12(16)9-13)15-18-11(3)14(20-15)10(2)17-4/h6-10,17H,5H2,1-4H3. The van der Waals surface area contributed by atoms with Gasteiger partial charge in [-0.25, -0.2) is 9.37 Å². The molecule has 20 heavy (non-hydrogen) atoms. The zero-order valence-electron chi connectivity index (χ0n) is 12.3. The van der Waals surface area contributed by atoms with E-state index in [1.807, 2.05) is 31.9 Å². The monoisotopic (exact) mass is 293 g/mol. The van der Waals surface area contributed by atoms with Crippen LogP contribution in [0.15, 0.2) is 24.3 Å². The molecule has 3 nitrogen and oxygen atoms in total. The van der Waals surface area contributed by atoms with Gasteiger partial charge < -0.3 is 10.2 Å². The molecule has 1 heterocycles. The van der Waals surface area contributed by atoms with Gasteiger partial charge in [0, 0.05) is 23.2 Å². The summed E-state index contributed by atoms with van der Waals surface area (Å²) >= 11 is 1.66. The molecule has 1 aromatic carbocycles. The Hall–Kier alpha value is -1.46. The number of thiazole rings is 1. The van der Waals surface area contributed by atoms with Crippen LogP contribution >= 0.6 is 11.3 Å². The molecule has 108 valence electrons. The summed E-state index contributed by atoms with van der Waals surface area (Å²) in [4.78, 5) is 7.89. The molecule has 0 aliphatic carbocycles. The number of rotatable bonds is 5. The van der Waals surface area contributed by atoms with Crippen LogP contribution in [-0.4, -0.2) is 18.6 Å². The molecule has 2 aromatic rings. The van der Waals surface area contributed by atoms with Crippen LogP contribution in [0.2, 0.25) is 0 Å². The number of nitrogens with one attached hydrogen (secondary N) is 1. The Balaban J connectivity index is 2.37. The maximum Gasteiger partial charge on any atom is 0.190 e. The first-order chi connectivity index (χ1) is 9.56. The topological polar surface area (TPSA) is 28.2 Å². The van der Waals surface area contributed by atoms with Gasteiger partial charge in [-0.15, -0.1) is 0 Å². The van der Waals surface area contributed by atoms with Crippen molar-refractivity contribution in [2.75, 3.05) is 18.5 Å². The summed E-state index contributed by atoms with van der Waals surface area (Å²) in [6, 6.07) is 6.91. The highest BCUT2D eigenvalue weighted by Gasteiger charge is 2.17. The van der Waals surface area contributed by atoms with Crippen LogP contribution in [0.5, 0.6) is 0 Å². The van der Waals surface area contributed by atoms with Crippen LogP contribution in [0.3, 0.4) is 0 Å². The van der Waals surface area contributed by atoms with Crippen LogP contribution in [0.4, 0.5) is 15.2 Å². The maximum absolute atomic E-state index is 13.4. The summed E-state index contributed by atoms with van der Waals surface area (Å²) in [5, 5.41) is 4.14. The second kappa shape index (κ2) is 6.33. The molecule has 0 radical (unpaired) electrons. The molecule has 0 fully saturated rings. The van der Waals surface area contributed by atoms with Crippen molar-refractivity contribution in [3.63, 3.8) is 0 Å². The number of hydrogen-bond acceptors (Lipinski definition) is 4. The van der Waals surface area contributed by atoms with Crippen molar-refractivity contribution in [3.8, 4) is 0 Å². The van der Waals surface area contributed by atoms with E-state index in [0.29, 0.717) is 0 Å². The van der Waals surface area contributed by atoms with E-state index in [1.165, 1.54) is 10.9 Å². The van der Waals surface area contributed by atoms with Crippen LogP contribution in [0, 0.1) is 12.7 Å². The number of halogens is 1. The van der Waals surface area contributed by atoms with Crippen LogP contribution < -0.4 is 10.2 Å². The first-order valence-electron chi connectivity index (χ1n) is 6.74. The van der Waals surface area contributed by atoms with Crippen LogP contribution in [-0.2, 0) is 0 Å². The SMILES string of the molecule is CCN(c1cccc(F)c1)c1nc(C)c(C(C)NC)s1. The molecular formula is C15H20FN3S. The van der Waals surface area contributed by atoms with Crippen molar-refractivity contribution >= 4 is 22.2 Å². The van der Waals surface area contributed by atoms with E-state index in [9.17, 15) is 4.39 Å². The predicted molar refractivity (Wildman–Crippen MR) is 83.4 cm³/mol. The van der Waals surface area contributed by atoms with Crippen molar-refractivity contribution in [1.29, 1.82) is 0 Å². The lowest BCUT2D eigenvalue weighted by Gasteiger charge is -2.19. The molecule has 1 atom stereocenters. The van der Waals surface area contributed by atoms with E-state index < -0.39 is 0 Å². The van der Waals surface area contributed by atoms with E-state index in [-0.39, 0.29) is 11.9 Å². The molecule has 0 spiro atoms. The molecule has 0 saturated carbocycles. The maximum atomic E-state index is 13.4. The number of aromatic nitrogens is 1. The zero-order chi connectivity index (χ0) is 14.7. The molecular weight excluding hydrogens is 273 g/mol. The summed E-state index contributed by atoms with van der Waals surface area (Å²) in [6.45, 7) is 6.93. The van der Waals surface area contributed by atoms with E-state index in [2.05, 4.69) is 17.2 Å². The van der Waals surface area contributed by atoms with Crippen LogP contribution in [0.25, 0.3) is 0 Å². The first kappa shape index (κ1) is 14.9. The number of anilines is 2. The van der Waals surface area contributed by atoms with Gasteiger partial charge in [-0.1, -0.05) is 17.4 Å². The lowest BCUT2D eigenvalue weighted by molar-refractivity contribution is 0.627. The highest BCUT2D eigenvalue weighted by atomic mass is 32.1. The smallest absolute Gasteiger partial charge is 0.190 e. The third-order valence-electron chi connectivity index (χ3n) is 3.31. The number of hydrogen-bond donors (Lipinski definition) is 1. The van der Waals surface area contributed by atoms with Gasteiger partial charge in [-0.3, -0.25) is 0 Å². The molecule has 5 heteroatoms. The van der Waals surface area contributed by atoms with Crippen molar-refractivity contribution in [1.82, 2.24) is 10.3 Å². The summed E-state index contributed by atoms with van der Waals surface area (Å²) in [5.41, 5.74) is 1.87. The molecule has 1 N–H and O–H groups in total. The first-order valence-corrected chi connectivity index (χ1v) is 7.56. The van der Waals surface area contributed by atoms with Crippen molar-refractivity contribution in [2.45, 2.75) is 26.8 Å². The molecule has 1 unspecified atom stereocenters. The van der Waals surface area contributed by atoms with E-state index in [0.717, 1.165) is 23.1 Å². The van der Waals surface area contributed by atoms with Gasteiger partial charge in [-0.05, 0) is 46.0 Å². The third-order valence-corrected chi connectivity index (χ3v) is 4.68. The lowest BCUT2D eigenvalue weighted by atomic mass is 10.2. The number of nitrogens with zero attached hydrogens (tertiary/aromatic N) is 2. The van der Waals surface area contributed by atoms with Gasteiger partial charge in [0.15, 0.2) is 5.13 Å². The number of aryl methyl sites for hydroxylation is 1. The minimum atomic E-state index is -0.224. The Bertz CT molecular complexity index is 582. The Morgan fingerprint density at radius 3 is 2.80 bits per heavy atom. The molecule has 2 rings (SSSR count). The summed E-state index contributed by atoms with van der Waals surface area (Å²) in [7, 11) is 1.94. The lowest BCUT2D eigenvalue weighted by Crippen LogP contribution is -2.15. The van der Waals surface area contributed by atoms with Crippen molar-refractivity contribution < 1.29 is 4.39 Å². The zero-order valence-corrected chi connectivity index (χ0v) is 13.1. The minimum Gasteiger partial charge on any atom is -0.318 e. The van der Waals surface area contributed by atoms with Crippen molar-refractivity contribution in [3.05, 3.63) is 40.7 Å². The van der Waals surface area contributed by atoms with Gasteiger partial charge in [0.1, 0.15) is 5.82 Å². The normalized spacial score (nSPS) is 12.4. The van der Waals surface area contributed by atoms with Gasteiger partial charge in [0.2, 0.25) is 0 Å². The summed E-state index contributed by atoms with van der Waals surface area (Å²) in [5.74, 6) is -0.224. The van der Waals surface area contributed by atoms with Gasteiger partial charge in [0.05, 0.1) is 5.69 Å². The highest BCUT2D eigenvalue weighted by Crippen LogP contribution is 2.34. The van der Waals surface area contributed by atoms with Gasteiger partial charge >= 0.3 is 0 Å². The van der Waals surface area contributed by atoms with E-state index in [4.69, 9.17) is 0 Å². The predicted octanol–water partition coefficient (Wildman–Crippen LogP) is 4.03. The quantitative estimate of drug-likeness (QED) is 0.902. The Morgan fingerprint density at radius 2 is 2.20 bits per heavy atom. The third kappa shape index (κ3) is 2.99. The largest absolute Gasteiger partial charge is 0.318 e. The van der Waals surface area contributed by atoms with E-state index in [1.54, 1.807) is 23.5 Å². The average molecular weight is 293 g/mol. The second-order valence-electron chi connectivity index (χ2n) is 4.68. The molecule has 0 aliphatic rings. The fraction of sp³-hybridized carbons (Fsp3) is 0.400. The van der Waals surface area contributed by atoms with E-state index >= 15 is 0 Å². The average Bonchev–Trinajstić information content (AvgIpc) is 2.81. The van der Waals surface area contributed by atoms with Gasteiger partial charge in [0.25, 0.3) is 0 Å². The Kier molecular flexibility index (Phi) is 4.73. The summed E-state index contributed by atoms with van der Waals surface area (Å²) < 4.78 is 13.4. The van der Waals surface area contributed by atoms with Crippen LogP contribution in [0.1, 0.15) is 30.5 Å². The minimum absolute atomic E-state index is 0.224. The molecule has 0 bridgehead atoms. The molecule has 0 saturated heterocycles.